The summed E-state index contributed by atoms with van der Waals surface area (Å²) in [5.41, 5.74) is -1.41. The van der Waals surface area contributed by atoms with E-state index in [0.29, 0.717) is 0 Å². The predicted molar refractivity (Wildman–Crippen MR) is 103 cm³/mol. The number of rotatable bonds is 6. The summed E-state index contributed by atoms with van der Waals surface area (Å²) >= 11 is 18.5. The maximum atomic E-state index is 11.8. The van der Waals surface area contributed by atoms with E-state index in [4.69, 9.17) is 21.5 Å². The molecule has 0 amide bonds. The van der Waals surface area contributed by atoms with Crippen molar-refractivity contribution in [3.63, 3.8) is 0 Å². The zero-order valence-electron chi connectivity index (χ0n) is 12.3. The van der Waals surface area contributed by atoms with Gasteiger partial charge in [0.2, 0.25) is 0 Å². The average molecular weight is 464 g/mol. The van der Waals surface area contributed by atoms with E-state index in [9.17, 15) is 24.7 Å². The maximum Gasteiger partial charge on any atom is 0.330 e. The lowest BCUT2D eigenvalue weighted by atomic mass is 10.1. The molecule has 3 N–H and O–H groups in total. The van der Waals surface area contributed by atoms with Crippen molar-refractivity contribution in [2.45, 2.75) is 24.5 Å². The number of aliphatic hydroxyl groups is 2. The van der Waals surface area contributed by atoms with Gasteiger partial charge in [-0.15, -0.1) is 0 Å². The number of aromatic nitrogens is 2. The zero-order chi connectivity index (χ0) is 19.0. The molecule has 1 aromatic heterocycles. The van der Waals surface area contributed by atoms with Gasteiger partial charge in [-0.25, -0.2) is 9.32 Å². The summed E-state index contributed by atoms with van der Waals surface area (Å²) in [6.07, 6.45) is -3.94. The monoisotopic (exact) mass is 464 g/mol. The second-order valence-electron chi connectivity index (χ2n) is 5.25. The van der Waals surface area contributed by atoms with E-state index in [1.807, 2.05) is 4.98 Å². The van der Waals surface area contributed by atoms with Gasteiger partial charge in [0.15, 0.2) is 6.23 Å². The fourth-order valence-electron chi connectivity index (χ4n) is 2.17. The summed E-state index contributed by atoms with van der Waals surface area (Å²) in [7, 11) is 0. The third-order valence-corrected chi connectivity index (χ3v) is 11.5. The molecule has 0 bridgehead atoms. The van der Waals surface area contributed by atoms with E-state index in [0.717, 1.165) is 16.8 Å². The van der Waals surface area contributed by atoms with Gasteiger partial charge in [0.05, 0.1) is 0 Å². The van der Waals surface area contributed by atoms with Gasteiger partial charge in [-0.05, 0) is 0 Å². The van der Waals surface area contributed by atoms with Crippen LogP contribution in [0.1, 0.15) is 6.23 Å². The van der Waals surface area contributed by atoms with Crippen LogP contribution in [0.3, 0.4) is 0 Å². The number of hydrogen-bond acceptors (Lipinski definition) is 11. The van der Waals surface area contributed by atoms with Crippen molar-refractivity contribution >= 4 is 60.8 Å². The van der Waals surface area contributed by atoms with Crippen LogP contribution in [0, 0.1) is 0 Å². The van der Waals surface area contributed by atoms with E-state index in [1.165, 1.54) is 0 Å². The van der Waals surface area contributed by atoms with Crippen LogP contribution in [0.5, 0.6) is 0 Å². The summed E-state index contributed by atoms with van der Waals surface area (Å²) in [6.45, 7) is -0.266. The van der Waals surface area contributed by atoms with E-state index >= 15 is 0 Å². The fourth-order valence-corrected chi connectivity index (χ4v) is 13.9. The quantitative estimate of drug-likeness (QED) is 0.226. The summed E-state index contributed by atoms with van der Waals surface area (Å²) < 4.78 is 11.8. The highest BCUT2D eigenvalue weighted by atomic mass is 33.1. The van der Waals surface area contributed by atoms with Crippen molar-refractivity contribution in [3.8, 4) is 0 Å². The Kier molecular flexibility index (Phi) is 7.40. The highest BCUT2D eigenvalue weighted by Crippen LogP contribution is 2.72. The molecule has 1 aromatic rings. The molecule has 9 nitrogen and oxygen atoms in total. The Labute approximate surface area is 164 Å². The summed E-state index contributed by atoms with van der Waals surface area (Å²) in [4.78, 5) is 36.4. The van der Waals surface area contributed by atoms with E-state index in [2.05, 4.69) is 36.7 Å². The number of ether oxygens (including phenoxy) is 1. The third kappa shape index (κ3) is 6.11. The second-order valence-corrected chi connectivity index (χ2v) is 17.9. The van der Waals surface area contributed by atoms with Crippen LogP contribution < -0.4 is 16.1 Å². The van der Waals surface area contributed by atoms with Crippen LogP contribution in [-0.2, 0) is 46.0 Å². The first-order valence-electron chi connectivity index (χ1n) is 6.70. The molecule has 0 radical (unpaired) electrons. The van der Waals surface area contributed by atoms with Crippen molar-refractivity contribution in [2.24, 2.45) is 0 Å². The summed E-state index contributed by atoms with van der Waals surface area (Å²) in [6, 6.07) is 1.08. The van der Waals surface area contributed by atoms with Gasteiger partial charge >= 0.3 is 5.69 Å². The molecule has 2 heterocycles. The number of aliphatic hydroxyl groups excluding tert-OH is 2. The van der Waals surface area contributed by atoms with Gasteiger partial charge in [0, 0.05) is 24.5 Å². The molecule has 142 valence electrons. The number of hydrogen-bond donors (Lipinski definition) is 4. The molecule has 1 fully saturated rings. The van der Waals surface area contributed by atoms with Crippen molar-refractivity contribution in [3.05, 3.63) is 33.1 Å². The van der Waals surface area contributed by atoms with Crippen molar-refractivity contribution in [1.29, 1.82) is 0 Å². The minimum atomic E-state index is -3.27. The largest absolute Gasteiger partial charge is 0.709 e. The minimum Gasteiger partial charge on any atom is -0.709 e. The molecule has 1 aliphatic heterocycles. The maximum absolute atomic E-state index is 11.8. The van der Waals surface area contributed by atoms with Gasteiger partial charge in [0.25, 0.3) is 5.56 Å². The lowest BCUT2D eigenvalue weighted by molar-refractivity contribution is -0.155. The van der Waals surface area contributed by atoms with Crippen LogP contribution >= 0.6 is 24.0 Å². The molecular weight excluding hydrogens is 450 g/mol. The molecule has 15 heteroatoms. The topological polar surface area (TPSA) is 137 Å². The molecule has 2 rings (SSSR count). The van der Waals surface area contributed by atoms with Crippen LogP contribution in [0.2, 0.25) is 0 Å². The van der Waals surface area contributed by atoms with Crippen molar-refractivity contribution in [2.75, 3.05) is 12.5 Å². The Balaban J connectivity index is 2.07. The summed E-state index contributed by atoms with van der Waals surface area (Å²) in [5.74, 6) is -6.35. The Morgan fingerprint density at radius 2 is 2.00 bits per heavy atom. The lowest BCUT2D eigenvalue weighted by Gasteiger charge is -2.47. The van der Waals surface area contributed by atoms with E-state index in [-0.39, 0.29) is 12.5 Å². The predicted octanol–water partition coefficient (Wildman–Crippen LogP) is -1.41. The average Bonchev–Trinajstić information content (AvgIpc) is 2.71. The van der Waals surface area contributed by atoms with Gasteiger partial charge in [0.1, 0.15) is 36.7 Å². The number of nitrogens with zero attached hydrogens (tertiary/aromatic N) is 1. The smallest absolute Gasteiger partial charge is 0.330 e. The highest BCUT2D eigenvalue weighted by Gasteiger charge is 2.45. The normalized spacial score (nSPS) is 29.6. The van der Waals surface area contributed by atoms with Crippen LogP contribution in [0.4, 0.5) is 0 Å². The molecule has 1 saturated heterocycles. The van der Waals surface area contributed by atoms with Crippen LogP contribution in [0.15, 0.2) is 21.9 Å². The second kappa shape index (κ2) is 8.40. The first kappa shape index (κ1) is 22.0. The van der Waals surface area contributed by atoms with Crippen molar-refractivity contribution in [1.82, 2.24) is 9.55 Å². The van der Waals surface area contributed by atoms with Crippen LogP contribution in [0.25, 0.3) is 0 Å². The molecule has 1 aliphatic rings. The summed E-state index contributed by atoms with van der Waals surface area (Å²) in [5, 5.41) is 20.2. The number of thiol groups is 1. The lowest BCUT2D eigenvalue weighted by Crippen LogP contribution is -2.37. The fraction of sp³-hybridized carbons (Fsp3) is 0.600. The number of nitrogens with one attached hydrogen (secondary N) is 1. The molecule has 25 heavy (non-hydrogen) atoms. The van der Waals surface area contributed by atoms with Gasteiger partial charge in [-0.3, -0.25) is 20.2 Å². The molecule has 0 spiro atoms. The zero-order valence-corrected chi connectivity index (χ0v) is 17.5. The molecule has 0 saturated carbocycles. The minimum absolute atomic E-state index is 0.225. The Morgan fingerprint density at radius 1 is 1.36 bits per heavy atom. The molecule has 0 aromatic carbocycles. The number of H-pyrrole nitrogens is 1. The number of aromatic amines is 1. The first-order valence-corrected chi connectivity index (χ1v) is 14.7. The van der Waals surface area contributed by atoms with Crippen LogP contribution in [-0.4, -0.2) is 50.6 Å². The molecule has 1 unspecified atom stereocenters. The highest BCUT2D eigenvalue weighted by molar-refractivity contribution is 8.83. The Morgan fingerprint density at radius 3 is 2.56 bits per heavy atom. The molecule has 0 aliphatic carbocycles. The van der Waals surface area contributed by atoms with E-state index in [1.54, 1.807) is 0 Å². The van der Waals surface area contributed by atoms with E-state index < -0.39 is 47.6 Å². The van der Waals surface area contributed by atoms with Gasteiger partial charge < -0.3 is 56.6 Å². The van der Waals surface area contributed by atoms with Crippen molar-refractivity contribution < 1.29 is 24.4 Å². The standard InChI is InChI=1S/C10H16N2O7P2S4/c13-6-1-2-12(10(16)11-6)9-8(15)7(14)5(19-9)3-18-21(24,25)4-20(17,22)23/h1-2,5,7-9,14-15H,3-4H2,(H,24,25)(H,11,13,16)(H2,17,22,23)/p-2/t5-,7-,8-,9-/m1/s1. The molecule has 5 atom stereocenters. The van der Waals surface area contributed by atoms with Gasteiger partial charge in [-0.1, -0.05) is 0 Å². The Bertz CT molecular complexity index is 724. The third-order valence-electron chi connectivity index (χ3n) is 3.25. The first-order chi connectivity index (χ1) is 11.4. The molecular formula is C10H14N2O7P2S4-2. The SMILES string of the molecule is O=c1ccn([C@@H]2O[C@H](CO[P+]([S-])(S)C[P+]([O-])([S-])[S-])[C@@H](O)[C@H]2O)c(=O)[nH]1. The van der Waals surface area contributed by atoms with Gasteiger partial charge in [-0.2, -0.15) is 0 Å². The Hall–Kier alpha value is 0.740.